The van der Waals surface area contributed by atoms with Crippen molar-refractivity contribution in [3.8, 4) is 0 Å². The highest BCUT2D eigenvalue weighted by Crippen LogP contribution is 2.18. The number of nitrogens with one attached hydrogen (secondary N) is 2. The van der Waals surface area contributed by atoms with Crippen LogP contribution in [-0.2, 0) is 11.3 Å². The molecule has 2 amide bonds. The van der Waals surface area contributed by atoms with Gasteiger partial charge in [0.15, 0.2) is 0 Å². The first kappa shape index (κ1) is 23.1. The summed E-state index contributed by atoms with van der Waals surface area (Å²) >= 11 is 0. The van der Waals surface area contributed by atoms with Crippen LogP contribution in [0.2, 0.25) is 0 Å². The van der Waals surface area contributed by atoms with Crippen LogP contribution in [0.3, 0.4) is 0 Å². The molecule has 0 aliphatic rings. The molecule has 1 heterocycles. The van der Waals surface area contributed by atoms with Gasteiger partial charge in [0.2, 0.25) is 5.91 Å². The summed E-state index contributed by atoms with van der Waals surface area (Å²) in [6.45, 7) is -0.806. The van der Waals surface area contributed by atoms with E-state index in [0.717, 1.165) is 10.1 Å². The lowest BCUT2D eigenvalue weighted by molar-refractivity contribution is -0.117. The molecule has 168 valence electrons. The SMILES string of the molecule is CC(NC(=O)c1ccccc1NC(=O)CN(C)Cc1nccn1C(F)F)c1ccccc1. The number of hydrogen-bond donors (Lipinski definition) is 2. The molecule has 1 aromatic heterocycles. The van der Waals surface area contributed by atoms with Crippen LogP contribution in [0.15, 0.2) is 67.0 Å². The van der Waals surface area contributed by atoms with Crippen LogP contribution in [0.1, 0.15) is 41.3 Å². The van der Waals surface area contributed by atoms with E-state index >= 15 is 0 Å². The van der Waals surface area contributed by atoms with E-state index in [1.807, 2.05) is 37.3 Å². The van der Waals surface area contributed by atoms with Gasteiger partial charge in [0.25, 0.3) is 5.91 Å². The van der Waals surface area contributed by atoms with Crippen molar-refractivity contribution in [3.63, 3.8) is 0 Å². The molecule has 0 aliphatic heterocycles. The Morgan fingerprint density at radius 2 is 1.78 bits per heavy atom. The first-order valence-electron chi connectivity index (χ1n) is 10.1. The number of amides is 2. The number of aromatic nitrogens is 2. The lowest BCUT2D eigenvalue weighted by Crippen LogP contribution is -2.32. The summed E-state index contributed by atoms with van der Waals surface area (Å²) in [4.78, 5) is 30.8. The fraction of sp³-hybridized carbons (Fsp3) is 0.261. The predicted octanol–water partition coefficient (Wildman–Crippen LogP) is 3.84. The summed E-state index contributed by atoms with van der Waals surface area (Å²) in [6.07, 6.45) is 2.49. The summed E-state index contributed by atoms with van der Waals surface area (Å²) < 4.78 is 26.7. The zero-order valence-corrected chi connectivity index (χ0v) is 17.8. The van der Waals surface area contributed by atoms with Gasteiger partial charge in [-0.3, -0.25) is 19.1 Å². The predicted molar refractivity (Wildman–Crippen MR) is 117 cm³/mol. The fourth-order valence-electron chi connectivity index (χ4n) is 3.27. The van der Waals surface area contributed by atoms with Crippen molar-refractivity contribution in [2.24, 2.45) is 0 Å². The van der Waals surface area contributed by atoms with Crippen molar-refractivity contribution in [1.29, 1.82) is 0 Å². The topological polar surface area (TPSA) is 79.3 Å². The van der Waals surface area contributed by atoms with Crippen molar-refractivity contribution in [2.75, 3.05) is 18.9 Å². The highest BCUT2D eigenvalue weighted by Gasteiger charge is 2.18. The number of alkyl halides is 2. The van der Waals surface area contributed by atoms with Crippen LogP contribution in [0.4, 0.5) is 14.5 Å². The molecule has 9 heteroatoms. The number of benzene rings is 2. The van der Waals surface area contributed by atoms with Crippen molar-refractivity contribution in [1.82, 2.24) is 19.8 Å². The minimum absolute atomic E-state index is 0.0630. The zero-order chi connectivity index (χ0) is 23.1. The summed E-state index contributed by atoms with van der Waals surface area (Å²) in [7, 11) is 1.63. The van der Waals surface area contributed by atoms with Gasteiger partial charge in [0.1, 0.15) is 5.82 Å². The molecule has 1 unspecified atom stereocenters. The normalized spacial score (nSPS) is 12.1. The molecular formula is C23H25F2N5O2. The highest BCUT2D eigenvalue weighted by atomic mass is 19.3. The van der Waals surface area contributed by atoms with Gasteiger partial charge in [-0.2, -0.15) is 8.78 Å². The third-order valence-corrected chi connectivity index (χ3v) is 4.88. The number of carbonyl (C=O) groups excluding carboxylic acids is 2. The van der Waals surface area contributed by atoms with E-state index in [-0.39, 0.29) is 36.8 Å². The molecule has 32 heavy (non-hydrogen) atoms. The monoisotopic (exact) mass is 441 g/mol. The van der Waals surface area contributed by atoms with Gasteiger partial charge in [-0.25, -0.2) is 4.98 Å². The first-order chi connectivity index (χ1) is 15.3. The molecule has 0 bridgehead atoms. The summed E-state index contributed by atoms with van der Waals surface area (Å²) in [5, 5.41) is 5.67. The van der Waals surface area contributed by atoms with Gasteiger partial charge in [-0.15, -0.1) is 0 Å². The molecular weight excluding hydrogens is 416 g/mol. The Bertz CT molecular complexity index is 1060. The smallest absolute Gasteiger partial charge is 0.319 e. The van der Waals surface area contributed by atoms with E-state index in [9.17, 15) is 18.4 Å². The maximum Gasteiger partial charge on any atom is 0.319 e. The number of carbonyl (C=O) groups is 2. The van der Waals surface area contributed by atoms with Crippen molar-refractivity contribution >= 4 is 17.5 Å². The zero-order valence-electron chi connectivity index (χ0n) is 17.8. The summed E-state index contributed by atoms with van der Waals surface area (Å²) in [5.41, 5.74) is 1.67. The van der Waals surface area contributed by atoms with Crippen LogP contribution in [0.5, 0.6) is 0 Å². The van der Waals surface area contributed by atoms with E-state index < -0.39 is 6.55 Å². The number of para-hydroxylation sites is 1. The van der Waals surface area contributed by atoms with Gasteiger partial charge in [-0.1, -0.05) is 42.5 Å². The van der Waals surface area contributed by atoms with Gasteiger partial charge in [0.05, 0.1) is 30.4 Å². The molecule has 3 aromatic rings. The largest absolute Gasteiger partial charge is 0.345 e. The second-order valence-electron chi connectivity index (χ2n) is 7.40. The molecule has 1 atom stereocenters. The molecule has 0 fully saturated rings. The second kappa shape index (κ2) is 10.6. The third-order valence-electron chi connectivity index (χ3n) is 4.88. The number of likely N-dealkylation sites (N-methyl/N-ethyl adjacent to an activating group) is 1. The molecule has 0 spiro atoms. The van der Waals surface area contributed by atoms with Gasteiger partial charge < -0.3 is 10.6 Å². The van der Waals surface area contributed by atoms with E-state index in [2.05, 4.69) is 15.6 Å². The fourth-order valence-corrected chi connectivity index (χ4v) is 3.27. The molecule has 0 saturated carbocycles. The molecule has 7 nitrogen and oxygen atoms in total. The van der Waals surface area contributed by atoms with Crippen LogP contribution in [0, 0.1) is 0 Å². The second-order valence-corrected chi connectivity index (χ2v) is 7.40. The van der Waals surface area contributed by atoms with Crippen molar-refractivity contribution in [2.45, 2.75) is 26.1 Å². The van der Waals surface area contributed by atoms with E-state index in [0.29, 0.717) is 11.3 Å². The average molecular weight is 441 g/mol. The Morgan fingerprint density at radius 3 is 2.50 bits per heavy atom. The van der Waals surface area contributed by atoms with E-state index in [1.165, 1.54) is 12.4 Å². The molecule has 3 rings (SSSR count). The molecule has 2 aromatic carbocycles. The minimum atomic E-state index is -2.70. The Morgan fingerprint density at radius 1 is 1.09 bits per heavy atom. The van der Waals surface area contributed by atoms with Crippen LogP contribution < -0.4 is 10.6 Å². The number of anilines is 1. The Kier molecular flexibility index (Phi) is 7.67. The number of rotatable bonds is 9. The number of halogens is 2. The highest BCUT2D eigenvalue weighted by molar-refractivity contribution is 6.04. The van der Waals surface area contributed by atoms with Gasteiger partial charge in [-0.05, 0) is 31.7 Å². The summed E-state index contributed by atoms with van der Waals surface area (Å²) in [5.74, 6) is -0.534. The molecule has 2 N–H and O–H groups in total. The number of nitrogens with zero attached hydrogens (tertiary/aromatic N) is 3. The minimum Gasteiger partial charge on any atom is -0.345 e. The maximum absolute atomic E-state index is 13.0. The lowest BCUT2D eigenvalue weighted by Gasteiger charge is -2.18. The number of imidazole rings is 1. The molecule has 0 saturated heterocycles. The average Bonchev–Trinajstić information content (AvgIpc) is 3.22. The maximum atomic E-state index is 13.0. The molecule has 0 radical (unpaired) electrons. The Labute approximate surface area is 185 Å². The first-order valence-corrected chi connectivity index (χ1v) is 10.1. The molecule has 0 aliphatic carbocycles. The Balaban J connectivity index is 1.62. The standard InChI is InChI=1S/C23H25F2N5O2/c1-16(17-8-4-3-5-9-17)27-22(32)18-10-6-7-11-19(18)28-21(31)15-29(2)14-20-26-12-13-30(20)23(24)25/h3-13,16,23H,14-15H2,1-2H3,(H,27,32)(H,28,31). The van der Waals surface area contributed by atoms with Crippen molar-refractivity contribution < 1.29 is 18.4 Å². The van der Waals surface area contributed by atoms with Crippen LogP contribution in [-0.4, -0.2) is 39.9 Å². The Hall–Kier alpha value is -3.59. The lowest BCUT2D eigenvalue weighted by atomic mass is 10.1. The van der Waals surface area contributed by atoms with E-state index in [4.69, 9.17) is 0 Å². The van der Waals surface area contributed by atoms with Crippen LogP contribution in [0.25, 0.3) is 0 Å². The summed E-state index contributed by atoms with van der Waals surface area (Å²) in [6, 6.07) is 16.0. The number of hydrogen-bond acceptors (Lipinski definition) is 4. The quantitative estimate of drug-likeness (QED) is 0.529. The van der Waals surface area contributed by atoms with Crippen molar-refractivity contribution in [3.05, 3.63) is 83.9 Å². The van der Waals surface area contributed by atoms with E-state index in [1.54, 1.807) is 36.2 Å². The van der Waals surface area contributed by atoms with Gasteiger partial charge in [0, 0.05) is 12.4 Å². The third kappa shape index (κ3) is 5.98. The van der Waals surface area contributed by atoms with Crippen LogP contribution >= 0.6 is 0 Å². The van der Waals surface area contributed by atoms with Gasteiger partial charge >= 0.3 is 6.55 Å².